The number of H-pyrrole nitrogens is 1. The molecule has 1 aromatic heterocycles. The normalized spacial score (nSPS) is 23.1. The summed E-state index contributed by atoms with van der Waals surface area (Å²) in [6.45, 7) is 0. The molecule has 1 aliphatic carbocycles. The third-order valence-corrected chi connectivity index (χ3v) is 4.19. The van der Waals surface area contributed by atoms with Crippen LogP contribution in [0.3, 0.4) is 0 Å². The SMILES string of the molecule is N#Cc1cccc2[nH]c(C3CCCCC3C(F)(F)F)nc12. The molecule has 2 atom stereocenters. The first kappa shape index (κ1) is 13.9. The van der Waals surface area contributed by atoms with Gasteiger partial charge in [0.05, 0.1) is 17.0 Å². The number of aromatic nitrogens is 2. The minimum absolute atomic E-state index is 0.149. The average molecular weight is 293 g/mol. The molecule has 1 aliphatic rings. The molecular weight excluding hydrogens is 279 g/mol. The minimum Gasteiger partial charge on any atom is -0.342 e. The molecule has 21 heavy (non-hydrogen) atoms. The summed E-state index contributed by atoms with van der Waals surface area (Å²) in [5.74, 6) is -1.63. The number of nitrogens with zero attached hydrogens (tertiary/aromatic N) is 2. The number of benzene rings is 1. The minimum atomic E-state index is -4.21. The van der Waals surface area contributed by atoms with Gasteiger partial charge in [-0.05, 0) is 25.0 Å². The number of imidazole rings is 1. The second-order valence-electron chi connectivity index (χ2n) is 5.47. The molecule has 0 amide bonds. The summed E-state index contributed by atoms with van der Waals surface area (Å²) in [6, 6.07) is 7.08. The highest BCUT2D eigenvalue weighted by atomic mass is 19.4. The standard InChI is InChI=1S/C15H14F3N3/c16-15(17,18)11-6-2-1-5-10(11)14-20-12-7-3-4-9(8-19)13(12)21-14/h3-4,7,10-11H,1-2,5-6H2,(H,20,21). The lowest BCUT2D eigenvalue weighted by Gasteiger charge is -2.31. The molecule has 0 radical (unpaired) electrons. The number of rotatable bonds is 1. The van der Waals surface area contributed by atoms with E-state index in [9.17, 15) is 13.2 Å². The largest absolute Gasteiger partial charge is 0.392 e. The summed E-state index contributed by atoms with van der Waals surface area (Å²) in [7, 11) is 0. The van der Waals surface area contributed by atoms with E-state index in [-0.39, 0.29) is 6.42 Å². The molecule has 1 heterocycles. The fraction of sp³-hybridized carbons (Fsp3) is 0.467. The second kappa shape index (κ2) is 5.06. The third-order valence-electron chi connectivity index (χ3n) is 4.19. The topological polar surface area (TPSA) is 52.5 Å². The number of nitriles is 1. The van der Waals surface area contributed by atoms with Gasteiger partial charge in [0, 0.05) is 5.92 Å². The van der Waals surface area contributed by atoms with E-state index in [4.69, 9.17) is 5.26 Å². The molecule has 3 rings (SSSR count). The Kier molecular flexibility index (Phi) is 3.36. The van der Waals surface area contributed by atoms with E-state index in [0.717, 1.165) is 6.42 Å². The van der Waals surface area contributed by atoms with E-state index in [1.807, 2.05) is 6.07 Å². The van der Waals surface area contributed by atoms with Gasteiger partial charge in [0.25, 0.3) is 0 Å². The Hall–Kier alpha value is -2.03. The van der Waals surface area contributed by atoms with Crippen LogP contribution in [0.15, 0.2) is 18.2 Å². The first-order valence-electron chi connectivity index (χ1n) is 6.96. The number of aromatic amines is 1. The van der Waals surface area contributed by atoms with Crippen molar-refractivity contribution in [3.05, 3.63) is 29.6 Å². The van der Waals surface area contributed by atoms with Gasteiger partial charge < -0.3 is 4.98 Å². The smallest absolute Gasteiger partial charge is 0.342 e. The molecule has 0 saturated heterocycles. The molecule has 0 spiro atoms. The maximum absolute atomic E-state index is 13.2. The predicted molar refractivity (Wildman–Crippen MR) is 71.6 cm³/mol. The summed E-state index contributed by atoms with van der Waals surface area (Å²) >= 11 is 0. The zero-order valence-corrected chi connectivity index (χ0v) is 11.2. The van der Waals surface area contributed by atoms with Crippen LogP contribution in [-0.2, 0) is 0 Å². The summed E-state index contributed by atoms with van der Waals surface area (Å²) in [6.07, 6.45) is -2.20. The maximum atomic E-state index is 13.2. The number of alkyl halides is 3. The van der Waals surface area contributed by atoms with Crippen LogP contribution in [0.1, 0.15) is 43.0 Å². The van der Waals surface area contributed by atoms with Crippen LogP contribution in [0.2, 0.25) is 0 Å². The Bertz CT molecular complexity index is 696. The lowest BCUT2D eigenvalue weighted by Crippen LogP contribution is -2.32. The van der Waals surface area contributed by atoms with Crippen LogP contribution in [0, 0.1) is 17.2 Å². The Balaban J connectivity index is 2.04. The van der Waals surface area contributed by atoms with Crippen molar-refractivity contribution in [1.82, 2.24) is 9.97 Å². The van der Waals surface area contributed by atoms with Crippen LogP contribution in [0.25, 0.3) is 11.0 Å². The number of fused-ring (bicyclic) bond motifs is 1. The van der Waals surface area contributed by atoms with Crippen LogP contribution < -0.4 is 0 Å². The maximum Gasteiger partial charge on any atom is 0.392 e. The van der Waals surface area contributed by atoms with E-state index in [1.54, 1.807) is 18.2 Å². The molecule has 3 nitrogen and oxygen atoms in total. The van der Waals surface area contributed by atoms with Gasteiger partial charge in [-0.25, -0.2) is 4.98 Å². The van der Waals surface area contributed by atoms with E-state index >= 15 is 0 Å². The zero-order chi connectivity index (χ0) is 15.0. The average Bonchev–Trinajstić information content (AvgIpc) is 2.90. The van der Waals surface area contributed by atoms with Crippen molar-refractivity contribution < 1.29 is 13.2 Å². The molecule has 110 valence electrons. The lowest BCUT2D eigenvalue weighted by molar-refractivity contribution is -0.187. The predicted octanol–water partition coefficient (Wildman–Crippen LogP) is 4.27. The molecule has 2 unspecified atom stereocenters. The van der Waals surface area contributed by atoms with Gasteiger partial charge >= 0.3 is 6.18 Å². The van der Waals surface area contributed by atoms with E-state index in [0.29, 0.717) is 35.3 Å². The van der Waals surface area contributed by atoms with Crippen molar-refractivity contribution in [1.29, 1.82) is 5.26 Å². The molecular formula is C15H14F3N3. The highest BCUT2D eigenvalue weighted by Crippen LogP contribution is 2.45. The van der Waals surface area contributed by atoms with Gasteiger partial charge in [-0.15, -0.1) is 0 Å². The van der Waals surface area contributed by atoms with E-state index < -0.39 is 18.0 Å². The molecule has 1 N–H and O–H groups in total. The number of nitrogens with one attached hydrogen (secondary N) is 1. The molecule has 1 aromatic carbocycles. The summed E-state index contributed by atoms with van der Waals surface area (Å²) in [5.41, 5.74) is 1.46. The van der Waals surface area contributed by atoms with Crippen LogP contribution in [0.4, 0.5) is 13.2 Å². The summed E-state index contributed by atoms with van der Waals surface area (Å²) in [5, 5.41) is 9.05. The molecule has 0 bridgehead atoms. The van der Waals surface area contributed by atoms with E-state index in [2.05, 4.69) is 9.97 Å². The number of hydrogen-bond donors (Lipinski definition) is 1. The van der Waals surface area contributed by atoms with Crippen molar-refractivity contribution in [2.75, 3.05) is 0 Å². The second-order valence-corrected chi connectivity index (χ2v) is 5.47. The molecule has 6 heteroatoms. The van der Waals surface area contributed by atoms with Gasteiger partial charge in [-0.3, -0.25) is 0 Å². The Morgan fingerprint density at radius 3 is 2.71 bits per heavy atom. The van der Waals surface area contributed by atoms with Gasteiger partial charge in [0.15, 0.2) is 0 Å². The Morgan fingerprint density at radius 1 is 1.24 bits per heavy atom. The van der Waals surface area contributed by atoms with Crippen LogP contribution >= 0.6 is 0 Å². The number of halogens is 3. The van der Waals surface area contributed by atoms with Gasteiger partial charge in [0.1, 0.15) is 17.4 Å². The van der Waals surface area contributed by atoms with Crippen molar-refractivity contribution in [3.63, 3.8) is 0 Å². The fourth-order valence-corrected chi connectivity index (χ4v) is 3.17. The quantitative estimate of drug-likeness (QED) is 0.853. The Morgan fingerprint density at radius 2 is 2.00 bits per heavy atom. The molecule has 1 fully saturated rings. The first-order valence-corrected chi connectivity index (χ1v) is 6.96. The molecule has 2 aromatic rings. The molecule has 1 saturated carbocycles. The Labute approximate surface area is 119 Å². The highest BCUT2D eigenvalue weighted by Gasteiger charge is 2.46. The monoisotopic (exact) mass is 293 g/mol. The van der Waals surface area contributed by atoms with Crippen molar-refractivity contribution in [2.24, 2.45) is 5.92 Å². The van der Waals surface area contributed by atoms with Gasteiger partial charge in [-0.2, -0.15) is 18.4 Å². The summed E-state index contributed by atoms with van der Waals surface area (Å²) in [4.78, 5) is 7.27. The van der Waals surface area contributed by atoms with Crippen molar-refractivity contribution in [2.45, 2.75) is 37.8 Å². The first-order chi connectivity index (χ1) is 10.0. The summed E-state index contributed by atoms with van der Waals surface area (Å²) < 4.78 is 39.6. The molecule has 0 aliphatic heterocycles. The van der Waals surface area contributed by atoms with E-state index in [1.165, 1.54) is 0 Å². The van der Waals surface area contributed by atoms with Gasteiger partial charge in [0.2, 0.25) is 0 Å². The van der Waals surface area contributed by atoms with Crippen molar-refractivity contribution in [3.8, 4) is 6.07 Å². The fourth-order valence-electron chi connectivity index (χ4n) is 3.17. The van der Waals surface area contributed by atoms with Crippen LogP contribution in [0.5, 0.6) is 0 Å². The number of para-hydroxylation sites is 1. The highest BCUT2D eigenvalue weighted by molar-refractivity contribution is 5.81. The van der Waals surface area contributed by atoms with Gasteiger partial charge in [-0.1, -0.05) is 18.9 Å². The van der Waals surface area contributed by atoms with Crippen molar-refractivity contribution >= 4 is 11.0 Å². The zero-order valence-electron chi connectivity index (χ0n) is 11.2. The third kappa shape index (κ3) is 2.48. The lowest BCUT2D eigenvalue weighted by atomic mass is 9.78. The number of hydrogen-bond acceptors (Lipinski definition) is 2. The van der Waals surface area contributed by atoms with Crippen LogP contribution in [-0.4, -0.2) is 16.1 Å².